The molecule has 108 valence electrons. The van der Waals surface area contributed by atoms with Crippen LogP contribution in [0.15, 0.2) is 16.9 Å². The average Bonchev–Trinajstić information content (AvgIpc) is 2.37. The number of likely N-dealkylation sites (tertiary alicyclic amines) is 1. The molecule has 2 fully saturated rings. The number of hydrogen-bond donors (Lipinski definition) is 1. The monoisotopic (exact) mass is 279 g/mol. The van der Waals surface area contributed by atoms with Gasteiger partial charge in [0.15, 0.2) is 5.79 Å². The lowest BCUT2D eigenvalue weighted by Crippen LogP contribution is -2.65. The van der Waals surface area contributed by atoms with Crippen LogP contribution in [0.25, 0.3) is 0 Å². The van der Waals surface area contributed by atoms with Crippen molar-refractivity contribution >= 4 is 5.91 Å². The van der Waals surface area contributed by atoms with Crippen molar-refractivity contribution in [3.05, 3.63) is 28.2 Å². The number of H-pyrrole nitrogens is 1. The van der Waals surface area contributed by atoms with Crippen LogP contribution in [0.2, 0.25) is 0 Å². The largest absolute Gasteiger partial charge is 0.350 e. The van der Waals surface area contributed by atoms with Gasteiger partial charge in [-0.1, -0.05) is 0 Å². The fourth-order valence-corrected chi connectivity index (χ4v) is 2.45. The average molecular weight is 279 g/mol. The van der Waals surface area contributed by atoms with E-state index in [0.717, 1.165) is 0 Å². The zero-order valence-corrected chi connectivity index (χ0v) is 11.5. The number of carbonyl (C=O) groups is 1. The summed E-state index contributed by atoms with van der Waals surface area (Å²) in [6.07, 6.45) is 0. The van der Waals surface area contributed by atoms with E-state index >= 15 is 0 Å². The third-order valence-corrected chi connectivity index (χ3v) is 3.69. The lowest BCUT2D eigenvalue weighted by atomic mass is 9.80. The van der Waals surface area contributed by atoms with Crippen LogP contribution in [-0.4, -0.2) is 53.1 Å². The van der Waals surface area contributed by atoms with Crippen LogP contribution in [0.3, 0.4) is 0 Å². The molecule has 7 nitrogen and oxygen atoms in total. The molecule has 1 spiro atoms. The normalized spacial score (nSPS) is 23.4. The standard InChI is InChI=1S/C13H17N3O4/c1-12(2)19-7-13(8-20-12)5-16(6-13)11(18)9-3-4-10(17)15-14-9/h3-4H,5-8H2,1-2H3,(H,15,17). The van der Waals surface area contributed by atoms with Crippen molar-refractivity contribution in [2.75, 3.05) is 26.3 Å². The van der Waals surface area contributed by atoms with Crippen molar-refractivity contribution < 1.29 is 14.3 Å². The van der Waals surface area contributed by atoms with Crippen LogP contribution >= 0.6 is 0 Å². The molecule has 3 heterocycles. The van der Waals surface area contributed by atoms with Crippen molar-refractivity contribution in [1.82, 2.24) is 15.1 Å². The van der Waals surface area contributed by atoms with Gasteiger partial charge in [-0.25, -0.2) is 5.10 Å². The summed E-state index contributed by atoms with van der Waals surface area (Å²) in [5, 5.41) is 6.01. The van der Waals surface area contributed by atoms with Gasteiger partial charge >= 0.3 is 0 Å². The number of carbonyl (C=O) groups excluding carboxylic acids is 1. The first-order valence-corrected chi connectivity index (χ1v) is 6.52. The summed E-state index contributed by atoms with van der Waals surface area (Å²) in [5.74, 6) is -0.729. The van der Waals surface area contributed by atoms with Crippen LogP contribution in [-0.2, 0) is 9.47 Å². The summed E-state index contributed by atoms with van der Waals surface area (Å²) in [5.41, 5.74) is -0.178. The quantitative estimate of drug-likeness (QED) is 0.782. The van der Waals surface area contributed by atoms with E-state index in [-0.39, 0.29) is 22.6 Å². The fourth-order valence-electron chi connectivity index (χ4n) is 2.45. The van der Waals surface area contributed by atoms with E-state index in [1.165, 1.54) is 12.1 Å². The third kappa shape index (κ3) is 2.34. The van der Waals surface area contributed by atoms with Gasteiger partial charge < -0.3 is 14.4 Å². The highest BCUT2D eigenvalue weighted by Gasteiger charge is 2.50. The predicted octanol–water partition coefficient (Wildman–Crippen LogP) is -0.00500. The lowest BCUT2D eigenvalue weighted by Gasteiger charge is -2.53. The summed E-state index contributed by atoms with van der Waals surface area (Å²) in [7, 11) is 0. The molecule has 7 heteroatoms. The molecule has 2 aliphatic rings. The molecule has 0 atom stereocenters. The van der Waals surface area contributed by atoms with Crippen molar-refractivity contribution in [1.29, 1.82) is 0 Å². The highest BCUT2D eigenvalue weighted by Crippen LogP contribution is 2.37. The third-order valence-electron chi connectivity index (χ3n) is 3.69. The minimum absolute atomic E-state index is 0.104. The predicted molar refractivity (Wildman–Crippen MR) is 69.2 cm³/mol. The molecular formula is C13H17N3O4. The Balaban J connectivity index is 1.62. The van der Waals surface area contributed by atoms with Crippen LogP contribution in [0.1, 0.15) is 24.3 Å². The number of hydrogen-bond acceptors (Lipinski definition) is 5. The summed E-state index contributed by atoms with van der Waals surface area (Å²) in [6, 6.07) is 2.73. The van der Waals surface area contributed by atoms with Crippen LogP contribution < -0.4 is 5.56 Å². The van der Waals surface area contributed by atoms with Crippen LogP contribution in [0.5, 0.6) is 0 Å². The summed E-state index contributed by atoms with van der Waals surface area (Å²) in [4.78, 5) is 24.8. The molecule has 20 heavy (non-hydrogen) atoms. The Morgan fingerprint density at radius 2 is 1.95 bits per heavy atom. The first kappa shape index (κ1) is 13.3. The van der Waals surface area contributed by atoms with Crippen molar-refractivity contribution in [2.45, 2.75) is 19.6 Å². The van der Waals surface area contributed by atoms with Gasteiger partial charge in [0, 0.05) is 19.2 Å². The molecule has 0 bridgehead atoms. The summed E-state index contributed by atoms with van der Waals surface area (Å²) in [6.45, 7) is 6.11. The fraction of sp³-hybridized carbons (Fsp3) is 0.615. The number of aromatic amines is 1. The van der Waals surface area contributed by atoms with E-state index in [0.29, 0.717) is 26.3 Å². The zero-order chi connectivity index (χ0) is 14.4. The lowest BCUT2D eigenvalue weighted by molar-refractivity contribution is -0.301. The van der Waals surface area contributed by atoms with E-state index in [2.05, 4.69) is 10.2 Å². The number of ether oxygens (including phenoxy) is 2. The van der Waals surface area contributed by atoms with Gasteiger partial charge in [-0.3, -0.25) is 9.59 Å². The van der Waals surface area contributed by atoms with Gasteiger partial charge in [0.2, 0.25) is 0 Å². The molecule has 0 saturated carbocycles. The Morgan fingerprint density at radius 3 is 2.50 bits per heavy atom. The van der Waals surface area contributed by atoms with Crippen molar-refractivity contribution in [3.8, 4) is 0 Å². The number of aromatic nitrogens is 2. The van der Waals surface area contributed by atoms with Gasteiger partial charge in [-0.15, -0.1) is 0 Å². The van der Waals surface area contributed by atoms with Crippen molar-refractivity contribution in [2.24, 2.45) is 5.41 Å². The number of rotatable bonds is 1. The second-order valence-electron chi connectivity index (χ2n) is 5.94. The molecule has 1 amide bonds. The molecule has 3 rings (SSSR count). The van der Waals surface area contributed by atoms with E-state index in [9.17, 15) is 9.59 Å². The van der Waals surface area contributed by atoms with Gasteiger partial charge in [-0.05, 0) is 19.9 Å². The summed E-state index contributed by atoms with van der Waals surface area (Å²) < 4.78 is 11.3. The second-order valence-corrected chi connectivity index (χ2v) is 5.94. The molecule has 0 radical (unpaired) electrons. The Kier molecular flexibility index (Phi) is 2.91. The molecule has 0 aromatic carbocycles. The smallest absolute Gasteiger partial charge is 0.274 e. The highest BCUT2D eigenvalue weighted by atomic mass is 16.7. The Labute approximate surface area is 115 Å². The van der Waals surface area contributed by atoms with E-state index in [1.807, 2.05) is 13.8 Å². The maximum Gasteiger partial charge on any atom is 0.274 e. The zero-order valence-electron chi connectivity index (χ0n) is 11.5. The van der Waals surface area contributed by atoms with Gasteiger partial charge in [0.25, 0.3) is 11.5 Å². The number of amides is 1. The first-order valence-electron chi connectivity index (χ1n) is 6.52. The topological polar surface area (TPSA) is 84.5 Å². The number of nitrogens with zero attached hydrogens (tertiary/aromatic N) is 2. The minimum Gasteiger partial charge on any atom is -0.350 e. The Bertz CT molecular complexity index is 557. The molecule has 0 aliphatic carbocycles. The Morgan fingerprint density at radius 1 is 1.30 bits per heavy atom. The Hall–Kier alpha value is -1.73. The van der Waals surface area contributed by atoms with E-state index in [1.54, 1.807) is 4.90 Å². The molecule has 1 N–H and O–H groups in total. The van der Waals surface area contributed by atoms with Gasteiger partial charge in [0.05, 0.1) is 18.6 Å². The first-order chi connectivity index (χ1) is 9.39. The molecule has 1 aromatic heterocycles. The summed E-state index contributed by atoms with van der Waals surface area (Å²) >= 11 is 0. The maximum absolute atomic E-state index is 12.2. The maximum atomic E-state index is 12.2. The van der Waals surface area contributed by atoms with Crippen molar-refractivity contribution in [3.63, 3.8) is 0 Å². The molecule has 2 saturated heterocycles. The SMILES string of the molecule is CC1(C)OCC2(CO1)CN(C(=O)c1ccc(=O)[nH]n1)C2. The minimum atomic E-state index is -0.545. The second kappa shape index (κ2) is 4.39. The highest BCUT2D eigenvalue weighted by molar-refractivity contribution is 5.92. The molecule has 2 aliphatic heterocycles. The van der Waals surface area contributed by atoms with Gasteiger partial charge in [0.1, 0.15) is 5.69 Å². The molecule has 0 unspecified atom stereocenters. The van der Waals surface area contributed by atoms with Crippen LogP contribution in [0, 0.1) is 5.41 Å². The molecular weight excluding hydrogens is 262 g/mol. The van der Waals surface area contributed by atoms with Gasteiger partial charge in [-0.2, -0.15) is 5.10 Å². The van der Waals surface area contributed by atoms with Crippen LogP contribution in [0.4, 0.5) is 0 Å². The van der Waals surface area contributed by atoms with E-state index < -0.39 is 5.79 Å². The molecule has 1 aromatic rings. The van der Waals surface area contributed by atoms with E-state index in [4.69, 9.17) is 9.47 Å². The number of nitrogens with one attached hydrogen (secondary N) is 1.